The molecule has 9 unspecified atom stereocenters. The van der Waals surface area contributed by atoms with Crippen LogP contribution in [0.15, 0.2) is 12.2 Å². The molecule has 9 atom stereocenters. The summed E-state index contributed by atoms with van der Waals surface area (Å²) in [5, 5.41) is 41.1. The number of aliphatic carboxylic acids is 2. The molecule has 10 N–H and O–H groups in total. The number of hydrogen-bond acceptors (Lipinski definition) is 15. The van der Waals surface area contributed by atoms with Crippen molar-refractivity contribution in [3.05, 3.63) is 12.2 Å². The van der Waals surface area contributed by atoms with Crippen LogP contribution in [0.4, 0.5) is 0 Å². The molecule has 0 radical (unpaired) electrons. The van der Waals surface area contributed by atoms with Gasteiger partial charge >= 0.3 is 17.9 Å². The first-order chi connectivity index (χ1) is 26.2. The molecule has 0 saturated carbocycles. The number of nitrogens with two attached hydrogens (primary N) is 1. The van der Waals surface area contributed by atoms with Crippen LogP contribution in [0.1, 0.15) is 66.7 Å². The fourth-order valence-electron chi connectivity index (χ4n) is 5.80. The van der Waals surface area contributed by atoms with Crippen LogP contribution in [-0.2, 0) is 43.1 Å². The quantitative estimate of drug-likeness (QED) is 0.0496. The predicted octanol–water partition coefficient (Wildman–Crippen LogP) is -0.614. The van der Waals surface area contributed by atoms with Gasteiger partial charge in [0.15, 0.2) is 10.8 Å². The van der Waals surface area contributed by atoms with Crippen molar-refractivity contribution in [2.24, 2.45) is 23.5 Å². The summed E-state index contributed by atoms with van der Waals surface area (Å²) in [5.41, 5.74) is 5.50. The topological polar surface area (TPSA) is 293 Å². The van der Waals surface area contributed by atoms with Crippen molar-refractivity contribution < 1.29 is 58.4 Å². The molecule has 0 aromatic carbocycles. The van der Waals surface area contributed by atoms with Crippen LogP contribution in [0.2, 0.25) is 0 Å². The summed E-state index contributed by atoms with van der Waals surface area (Å²) < 4.78 is 5.83. The molecule has 18 nitrogen and oxygen atoms in total. The van der Waals surface area contributed by atoms with Gasteiger partial charge in [-0.1, -0.05) is 40.7 Å². The van der Waals surface area contributed by atoms with Gasteiger partial charge < -0.3 is 47.1 Å². The predicted molar refractivity (Wildman–Crippen MR) is 212 cm³/mol. The number of carboxylic acids is 2. The van der Waals surface area contributed by atoms with Crippen LogP contribution < -0.4 is 32.3 Å². The minimum Gasteiger partial charge on any atom is -0.480 e. The molecule has 2 rings (SSSR count). The summed E-state index contributed by atoms with van der Waals surface area (Å²) in [6.45, 7) is 7.80. The number of ether oxygens (including phenoxy) is 1. The molecule has 2 bridgehead atoms. The van der Waals surface area contributed by atoms with E-state index in [1.54, 1.807) is 46.8 Å². The highest BCUT2D eigenvalue weighted by Gasteiger charge is 2.49. The van der Waals surface area contributed by atoms with Gasteiger partial charge in [-0.2, -0.15) is 24.4 Å². The van der Waals surface area contributed by atoms with Gasteiger partial charge in [0.25, 0.3) is 0 Å². The number of ketones is 1. The highest BCUT2D eigenvalue weighted by molar-refractivity contribution is 8.01. The van der Waals surface area contributed by atoms with Crippen molar-refractivity contribution in [3.63, 3.8) is 0 Å². The maximum absolute atomic E-state index is 13.9. The number of fused-ring (bicyclic) bond motifs is 3. The van der Waals surface area contributed by atoms with Crippen LogP contribution in [0.5, 0.6) is 0 Å². The van der Waals surface area contributed by atoms with E-state index in [1.165, 1.54) is 0 Å². The Kier molecular flexibility index (Phi) is 20.2. The molecule has 56 heavy (non-hydrogen) atoms. The van der Waals surface area contributed by atoms with E-state index in [0.29, 0.717) is 12.2 Å². The third-order valence-electron chi connectivity index (χ3n) is 9.11. The van der Waals surface area contributed by atoms with Gasteiger partial charge in [-0.05, 0) is 36.5 Å². The summed E-state index contributed by atoms with van der Waals surface area (Å²) in [6, 6.07) is -5.95. The van der Waals surface area contributed by atoms with Crippen molar-refractivity contribution in [1.29, 1.82) is 0 Å². The van der Waals surface area contributed by atoms with Crippen LogP contribution >= 0.6 is 36.2 Å². The van der Waals surface area contributed by atoms with Crippen LogP contribution in [0, 0.1) is 17.8 Å². The van der Waals surface area contributed by atoms with Gasteiger partial charge in [0.2, 0.25) is 23.6 Å². The number of amides is 4. The Morgan fingerprint density at radius 2 is 1.71 bits per heavy atom. The number of carbonyl (C=O) groups excluding carboxylic acids is 6. The highest BCUT2D eigenvalue weighted by atomic mass is 32.2. The summed E-state index contributed by atoms with van der Waals surface area (Å²) in [4.78, 5) is 103. The summed E-state index contributed by atoms with van der Waals surface area (Å²) in [7, 11) is 0. The average molecular weight is 849 g/mol. The Balaban J connectivity index is 2.53. The van der Waals surface area contributed by atoms with Gasteiger partial charge in [0.1, 0.15) is 36.8 Å². The zero-order chi connectivity index (χ0) is 42.3. The van der Waals surface area contributed by atoms with Crippen molar-refractivity contribution in [3.8, 4) is 0 Å². The third-order valence-corrected chi connectivity index (χ3v) is 12.1. The Labute approximate surface area is 340 Å². The second kappa shape index (κ2) is 23.1. The molecule has 2 aliphatic rings. The molecule has 2 heterocycles. The van der Waals surface area contributed by atoms with E-state index in [1.807, 2.05) is 0 Å². The lowest BCUT2D eigenvalue weighted by atomic mass is 9.92. The number of rotatable bonds is 17. The molecule has 2 fully saturated rings. The highest BCUT2D eigenvalue weighted by Crippen LogP contribution is 2.41. The maximum atomic E-state index is 13.9. The van der Waals surface area contributed by atoms with Crippen LogP contribution in [0.25, 0.3) is 0 Å². The number of aliphatic hydroxyl groups is 1. The van der Waals surface area contributed by atoms with Gasteiger partial charge in [-0.25, -0.2) is 0 Å². The van der Waals surface area contributed by atoms with Crippen molar-refractivity contribution in [1.82, 2.24) is 26.6 Å². The summed E-state index contributed by atoms with van der Waals surface area (Å²) >= 11 is 6.16. The first-order valence-corrected chi connectivity index (χ1v) is 21.0. The van der Waals surface area contributed by atoms with E-state index in [4.69, 9.17) is 20.7 Å². The van der Waals surface area contributed by atoms with E-state index >= 15 is 0 Å². The zero-order valence-electron chi connectivity index (χ0n) is 32.1. The third kappa shape index (κ3) is 15.5. The van der Waals surface area contributed by atoms with E-state index in [-0.39, 0.29) is 37.2 Å². The fraction of sp³-hybridized carbons (Fsp3) is 0.714. The lowest BCUT2D eigenvalue weighted by Crippen LogP contribution is -2.59. The van der Waals surface area contributed by atoms with Crippen molar-refractivity contribution in [2.45, 2.75) is 113 Å². The number of cyclic esters (lactones) is 1. The molecule has 2 saturated heterocycles. The minimum atomic E-state index is -2.02. The smallest absolute Gasteiger partial charge is 0.324 e. The van der Waals surface area contributed by atoms with Crippen molar-refractivity contribution >= 4 is 83.5 Å². The lowest BCUT2D eigenvalue weighted by Gasteiger charge is -2.41. The molecule has 316 valence electrons. The number of allylic oxidation sites excluding steroid dienone is 1. The van der Waals surface area contributed by atoms with Crippen LogP contribution in [0.3, 0.4) is 0 Å². The number of esters is 1. The number of Topliss-reactive ketones (excluding diaryl/α,β-unsaturated/α-hetero) is 1. The SMILES string of the molecule is CC(C)C1NC(=O)CC(/C=C/CCS)OC(=O)C(C(C)C)NC2(O)SCC(NC1=O)C(=O)CC2C(C)SCC(NC(=O)CCC(N)C(=O)O)C(=O)NCC(=O)O. The summed E-state index contributed by atoms with van der Waals surface area (Å²) in [6.07, 6.45) is 1.57. The van der Waals surface area contributed by atoms with Gasteiger partial charge in [0, 0.05) is 35.5 Å². The summed E-state index contributed by atoms with van der Waals surface area (Å²) in [5.74, 6) is -8.29. The Morgan fingerprint density at radius 3 is 2.30 bits per heavy atom. The average Bonchev–Trinajstić information content (AvgIpc) is 3.23. The molecule has 0 aliphatic carbocycles. The number of carboxylic acid groups (broad SMARTS) is 2. The van der Waals surface area contributed by atoms with E-state index in [0.717, 1.165) is 23.5 Å². The fourth-order valence-corrected chi connectivity index (χ4v) is 8.69. The molecule has 0 spiro atoms. The van der Waals surface area contributed by atoms with Gasteiger partial charge in [0.05, 0.1) is 12.5 Å². The molecule has 0 aromatic rings. The van der Waals surface area contributed by atoms with E-state index in [2.05, 4.69) is 39.2 Å². The Hall–Kier alpha value is -3.37. The molecule has 2 aliphatic heterocycles. The largest absolute Gasteiger partial charge is 0.480 e. The van der Waals surface area contributed by atoms with Crippen LogP contribution in [-0.4, -0.2) is 133 Å². The number of nitrogens with one attached hydrogen (secondary N) is 5. The Morgan fingerprint density at radius 1 is 1.05 bits per heavy atom. The first-order valence-electron chi connectivity index (χ1n) is 18.3. The number of thioether (sulfide) groups is 2. The molecule has 4 amide bonds. The minimum absolute atomic E-state index is 0.121. The number of carbonyl (C=O) groups is 8. The zero-order valence-corrected chi connectivity index (χ0v) is 34.7. The standard InChI is InChI=1S/C35H56N6O12S3/c1-17(2)29-32(48)39-23-16-56-35(52,41-30(18(3)4)34(51)53-20(8-6-7-11-54)12-27(44)40-29)21(13-25(23)42)19(5)55-15-24(31(47)37-14-28(45)46)38-26(43)10-9-22(36)33(49)50/h6,8,17-24,29-30,41,52,54H,7,9-16,36H2,1-5H3,(H,37,47)(H,38,43)(H,39,48)(H,40,44)(H,45,46)(H,49,50)/b8-6+. The molecular weight excluding hydrogens is 793 g/mol. The first kappa shape index (κ1) is 48.8. The maximum Gasteiger partial charge on any atom is 0.324 e. The van der Waals surface area contributed by atoms with Crippen molar-refractivity contribution in [2.75, 3.05) is 23.8 Å². The van der Waals surface area contributed by atoms with E-state index < -0.39 is 118 Å². The normalized spacial score (nSPS) is 26.9. The second-order valence-corrected chi connectivity index (χ2v) is 17.5. The Bertz CT molecular complexity index is 1470. The lowest BCUT2D eigenvalue weighted by molar-refractivity contribution is -0.154. The molecule has 21 heteroatoms. The van der Waals surface area contributed by atoms with Gasteiger partial charge in [-0.15, -0.1) is 11.8 Å². The number of hydrogen-bond donors (Lipinski definition) is 10. The molecular formula is C35H56N6O12S3. The van der Waals surface area contributed by atoms with E-state index in [9.17, 15) is 43.5 Å². The number of thiol groups is 1. The monoisotopic (exact) mass is 848 g/mol. The second-order valence-electron chi connectivity index (χ2n) is 14.4. The van der Waals surface area contributed by atoms with Gasteiger partial charge in [-0.3, -0.25) is 43.7 Å². The molecule has 0 aromatic heterocycles.